The Hall–Kier alpha value is -2.14. The molecule has 0 amide bonds. The molecule has 1 N–H and O–H groups in total. The summed E-state index contributed by atoms with van der Waals surface area (Å²) in [6.07, 6.45) is 1.76. The maximum Gasteiger partial charge on any atom is 0.134 e. The molecule has 1 aromatic carbocycles. The third-order valence-corrected chi connectivity index (χ3v) is 3.76. The van der Waals surface area contributed by atoms with Gasteiger partial charge in [0.15, 0.2) is 0 Å². The first-order valence-corrected chi connectivity index (χ1v) is 7.01. The molecule has 1 atom stereocenters. The molecule has 0 saturated carbocycles. The van der Waals surface area contributed by atoms with Crippen molar-refractivity contribution < 1.29 is 8.81 Å². The number of hydrogen-bond acceptors (Lipinski definition) is 3. The molecule has 4 nitrogen and oxygen atoms in total. The Morgan fingerprint density at radius 2 is 2.19 bits per heavy atom. The molecule has 5 heteroatoms. The molecule has 3 aromatic rings. The number of nitrogens with one attached hydrogen (secondary N) is 1. The lowest BCUT2D eigenvalue weighted by molar-refractivity contribution is 0.455. The fraction of sp³-hybridized carbons (Fsp3) is 0.312. The second-order valence-electron chi connectivity index (χ2n) is 5.10. The summed E-state index contributed by atoms with van der Waals surface area (Å²) in [5.41, 5.74) is 2.67. The molecule has 0 aliphatic heterocycles. The monoisotopic (exact) mass is 287 g/mol. The number of aryl methyl sites for hydroxylation is 2. The Kier molecular flexibility index (Phi) is 3.51. The van der Waals surface area contributed by atoms with E-state index in [1.54, 1.807) is 12.3 Å². The number of nitrogens with zero attached hydrogens (tertiary/aromatic N) is 2. The van der Waals surface area contributed by atoms with Crippen molar-refractivity contribution in [1.82, 2.24) is 15.1 Å². The number of aromatic nitrogens is 2. The van der Waals surface area contributed by atoms with Crippen LogP contribution in [0.2, 0.25) is 0 Å². The standard InChI is InChI=1S/C16H18FN3O/c1-4-18-15(13-7-8-19-20(13)3)16-10(2)12-9-11(17)5-6-14(12)21-16/h5-9,15,18H,4H2,1-3H3. The Labute approximate surface area is 122 Å². The molecule has 110 valence electrons. The van der Waals surface area contributed by atoms with Gasteiger partial charge in [0, 0.05) is 24.2 Å². The molecule has 0 aliphatic carbocycles. The van der Waals surface area contributed by atoms with Crippen LogP contribution in [0, 0.1) is 12.7 Å². The van der Waals surface area contributed by atoms with Crippen LogP contribution in [-0.4, -0.2) is 16.3 Å². The first-order valence-electron chi connectivity index (χ1n) is 7.01. The van der Waals surface area contributed by atoms with Gasteiger partial charge < -0.3 is 9.73 Å². The van der Waals surface area contributed by atoms with E-state index in [0.29, 0.717) is 5.58 Å². The molecule has 0 bridgehead atoms. The highest BCUT2D eigenvalue weighted by Crippen LogP contribution is 2.32. The van der Waals surface area contributed by atoms with E-state index in [2.05, 4.69) is 10.4 Å². The van der Waals surface area contributed by atoms with E-state index in [0.717, 1.165) is 28.9 Å². The van der Waals surface area contributed by atoms with Crippen molar-refractivity contribution in [3.63, 3.8) is 0 Å². The van der Waals surface area contributed by atoms with E-state index < -0.39 is 0 Å². The predicted octanol–water partition coefficient (Wildman–Crippen LogP) is 3.31. The first kappa shape index (κ1) is 13.8. The summed E-state index contributed by atoms with van der Waals surface area (Å²) < 4.78 is 21.2. The average Bonchev–Trinajstić information content (AvgIpc) is 3.02. The molecule has 1 unspecified atom stereocenters. The molecular formula is C16H18FN3O. The van der Waals surface area contributed by atoms with Gasteiger partial charge in [-0.25, -0.2) is 4.39 Å². The van der Waals surface area contributed by atoms with E-state index in [9.17, 15) is 4.39 Å². The van der Waals surface area contributed by atoms with Crippen LogP contribution in [0.4, 0.5) is 4.39 Å². The topological polar surface area (TPSA) is 43.0 Å². The van der Waals surface area contributed by atoms with Gasteiger partial charge in [0.1, 0.15) is 23.2 Å². The fourth-order valence-corrected chi connectivity index (χ4v) is 2.69. The lowest BCUT2D eigenvalue weighted by atomic mass is 10.1. The van der Waals surface area contributed by atoms with E-state index in [1.807, 2.05) is 31.6 Å². The highest BCUT2D eigenvalue weighted by molar-refractivity contribution is 5.82. The molecule has 0 fully saturated rings. The average molecular weight is 287 g/mol. The summed E-state index contributed by atoms with van der Waals surface area (Å²) in [4.78, 5) is 0. The number of fused-ring (bicyclic) bond motifs is 1. The number of furan rings is 1. The van der Waals surface area contributed by atoms with Gasteiger partial charge in [-0.15, -0.1) is 0 Å². The number of halogens is 1. The van der Waals surface area contributed by atoms with Gasteiger partial charge in [0.05, 0.1) is 5.69 Å². The summed E-state index contributed by atoms with van der Waals surface area (Å²) >= 11 is 0. The van der Waals surface area contributed by atoms with Crippen molar-refractivity contribution in [2.24, 2.45) is 7.05 Å². The SMILES string of the molecule is CCNC(c1oc2ccc(F)cc2c1C)c1ccnn1C. The minimum Gasteiger partial charge on any atom is -0.459 e. The molecule has 0 aliphatic rings. The summed E-state index contributed by atoms with van der Waals surface area (Å²) in [7, 11) is 1.90. The molecule has 0 saturated heterocycles. The summed E-state index contributed by atoms with van der Waals surface area (Å²) in [6.45, 7) is 4.79. The predicted molar refractivity (Wildman–Crippen MR) is 79.6 cm³/mol. The lowest BCUT2D eigenvalue weighted by Crippen LogP contribution is -2.24. The fourth-order valence-electron chi connectivity index (χ4n) is 2.69. The molecule has 2 aromatic heterocycles. The van der Waals surface area contributed by atoms with Crippen molar-refractivity contribution in [3.05, 3.63) is 53.3 Å². The van der Waals surface area contributed by atoms with Gasteiger partial charge in [-0.1, -0.05) is 6.92 Å². The summed E-state index contributed by atoms with van der Waals surface area (Å²) in [6, 6.07) is 6.47. The maximum absolute atomic E-state index is 13.4. The Morgan fingerprint density at radius 3 is 2.86 bits per heavy atom. The van der Waals surface area contributed by atoms with Gasteiger partial charge in [0.25, 0.3) is 0 Å². The minimum atomic E-state index is -0.251. The third-order valence-electron chi connectivity index (χ3n) is 3.76. The van der Waals surface area contributed by atoms with Crippen LogP contribution in [0.1, 0.15) is 30.0 Å². The van der Waals surface area contributed by atoms with Crippen LogP contribution < -0.4 is 5.32 Å². The molecule has 0 spiro atoms. The summed E-state index contributed by atoms with van der Waals surface area (Å²) in [5, 5.41) is 8.44. The van der Waals surface area contributed by atoms with Crippen molar-refractivity contribution in [2.75, 3.05) is 6.54 Å². The third kappa shape index (κ3) is 2.34. The van der Waals surface area contributed by atoms with Gasteiger partial charge in [-0.3, -0.25) is 4.68 Å². The zero-order valence-corrected chi connectivity index (χ0v) is 12.4. The summed E-state index contributed by atoms with van der Waals surface area (Å²) in [5.74, 6) is 0.555. The van der Waals surface area contributed by atoms with Crippen molar-refractivity contribution in [2.45, 2.75) is 19.9 Å². The zero-order valence-electron chi connectivity index (χ0n) is 12.4. The largest absolute Gasteiger partial charge is 0.459 e. The molecular weight excluding hydrogens is 269 g/mol. The quantitative estimate of drug-likeness (QED) is 0.800. The van der Waals surface area contributed by atoms with Gasteiger partial charge in [-0.2, -0.15) is 5.10 Å². The second kappa shape index (κ2) is 5.33. The number of hydrogen-bond donors (Lipinski definition) is 1. The van der Waals surface area contributed by atoms with Gasteiger partial charge in [-0.05, 0) is 37.7 Å². The van der Waals surface area contributed by atoms with Crippen LogP contribution in [0.3, 0.4) is 0 Å². The highest BCUT2D eigenvalue weighted by atomic mass is 19.1. The van der Waals surface area contributed by atoms with E-state index in [-0.39, 0.29) is 11.9 Å². The molecule has 3 rings (SSSR count). The van der Waals surface area contributed by atoms with Crippen LogP contribution in [0.5, 0.6) is 0 Å². The smallest absolute Gasteiger partial charge is 0.134 e. The lowest BCUT2D eigenvalue weighted by Gasteiger charge is -2.16. The van der Waals surface area contributed by atoms with E-state index >= 15 is 0 Å². The second-order valence-corrected chi connectivity index (χ2v) is 5.10. The molecule has 0 radical (unpaired) electrons. The van der Waals surface area contributed by atoms with Crippen LogP contribution in [0.15, 0.2) is 34.9 Å². The first-order chi connectivity index (χ1) is 10.1. The van der Waals surface area contributed by atoms with Gasteiger partial charge in [0.2, 0.25) is 0 Å². The highest BCUT2D eigenvalue weighted by Gasteiger charge is 2.23. The minimum absolute atomic E-state index is 0.0991. The number of rotatable bonds is 4. The molecule has 2 heterocycles. The van der Waals surface area contributed by atoms with Crippen LogP contribution >= 0.6 is 0 Å². The Balaban J connectivity index is 2.16. The van der Waals surface area contributed by atoms with E-state index in [1.165, 1.54) is 12.1 Å². The molecule has 21 heavy (non-hydrogen) atoms. The Morgan fingerprint density at radius 1 is 1.38 bits per heavy atom. The zero-order chi connectivity index (χ0) is 15.0. The normalized spacial score (nSPS) is 13.0. The van der Waals surface area contributed by atoms with Crippen LogP contribution in [0.25, 0.3) is 11.0 Å². The number of benzene rings is 1. The van der Waals surface area contributed by atoms with Crippen LogP contribution in [-0.2, 0) is 7.05 Å². The maximum atomic E-state index is 13.4. The van der Waals surface area contributed by atoms with Crippen molar-refractivity contribution >= 4 is 11.0 Å². The van der Waals surface area contributed by atoms with Crippen molar-refractivity contribution in [3.8, 4) is 0 Å². The van der Waals surface area contributed by atoms with Gasteiger partial charge >= 0.3 is 0 Å². The Bertz CT molecular complexity index is 775. The van der Waals surface area contributed by atoms with Crippen molar-refractivity contribution in [1.29, 1.82) is 0 Å². The van der Waals surface area contributed by atoms with E-state index in [4.69, 9.17) is 4.42 Å².